The van der Waals surface area contributed by atoms with Crippen LogP contribution in [-0.2, 0) is 80.6 Å². The second kappa shape index (κ2) is 30.2. The van der Waals surface area contributed by atoms with Gasteiger partial charge in [-0.25, -0.2) is 29.1 Å². The molecule has 0 saturated carbocycles. The normalized spacial score (nSPS) is 16.0. The lowest BCUT2D eigenvalue weighted by atomic mass is 9.85. The third kappa shape index (κ3) is 13.4. The van der Waals surface area contributed by atoms with E-state index in [1.54, 1.807) is 23.6 Å². The minimum Gasteiger partial charge on any atom is -0.478 e. The Bertz CT molecular complexity index is 6280. The van der Waals surface area contributed by atoms with E-state index in [9.17, 15) is 115 Å². The molecular weight excluding hydrogens is 1570 g/mol. The molecule has 6 aromatic carbocycles. The summed E-state index contributed by atoms with van der Waals surface area (Å²) in [4.78, 5) is 183. The van der Waals surface area contributed by atoms with E-state index in [-0.39, 0.29) is 53.8 Å². The average Bonchev–Trinajstić information content (AvgIpc) is 1.53. The molecular formula is C73H53N14O29P. The Labute approximate surface area is 653 Å². The molecule has 0 radical (unpaired) electrons. The number of esters is 3. The van der Waals surface area contributed by atoms with Crippen molar-refractivity contribution in [2.24, 2.45) is 10.3 Å². The molecule has 594 valence electrons. The second-order valence-electron chi connectivity index (χ2n) is 26.3. The molecule has 8 heterocycles. The van der Waals surface area contributed by atoms with Gasteiger partial charge in [0.25, 0.3) is 56.6 Å². The summed E-state index contributed by atoms with van der Waals surface area (Å²) in [5, 5.41) is 123. The number of carboxylic acid groups (broad SMARTS) is 1. The lowest BCUT2D eigenvalue weighted by Crippen LogP contribution is -2.48. The standard InChI is InChI=1S/C36H23N7O14.C20H16N2O4.C16H9N5O11.CH5P/c1-3-36(24-13-28-31-18(8-17-6-4-5-7-25(17)37-31)14-39(28)33(44)23(24)15-55-35(36)46)56-34(45)16(2)57-38-32-21-9-19(40(47)48)11-26(42(51)52)29(21)30-22(32)10-20(41(49)50)12-27(30)43(53)54;1-2-20(25)14-8-16-17-12(7-11-5-3-4-6-15(11)21-17)9-22(16)18(23)13(14)10-26-19(20)24;1-6(16(22)23)32-17-15-9-2-7(18(24)25)4-11(20(28)29)13(9)14-10(15)3-8(19(26)27)5-12(14)21(30)31;1-2/h4-13,16H,3,14-15H2,1-2H3;3-8,25H,2,9-10H2,1H3;2-6H,1H3,(H,22,23);2H2,1H3/t16-,36+;20-;6-;/m101./s1/i;;;1T. The first kappa shape index (κ1) is 78.1. The van der Waals surface area contributed by atoms with E-state index in [1.165, 1.54) is 11.5 Å². The molecule has 6 aliphatic rings. The summed E-state index contributed by atoms with van der Waals surface area (Å²) in [6, 6.07) is 28.0. The van der Waals surface area contributed by atoms with Crippen LogP contribution in [0.1, 0.15) is 97.5 Å². The first-order valence-electron chi connectivity index (χ1n) is 34.9. The Morgan fingerprint density at radius 3 is 1.23 bits per heavy atom. The molecule has 0 saturated heterocycles. The average molecular weight is 1620 g/mol. The molecule has 10 aromatic rings. The number of oxime groups is 2. The zero-order valence-corrected chi connectivity index (χ0v) is 61.6. The Morgan fingerprint density at radius 2 is 0.880 bits per heavy atom. The number of nitro groups is 8. The Kier molecular flexibility index (Phi) is 20.2. The van der Waals surface area contributed by atoms with Crippen LogP contribution in [0.4, 0.5) is 45.5 Å². The number of carboxylic acids is 1. The van der Waals surface area contributed by atoms with Crippen molar-refractivity contribution in [1.82, 2.24) is 19.1 Å². The Balaban J connectivity index is 0.000000166. The summed E-state index contributed by atoms with van der Waals surface area (Å²) < 4.78 is 25.6. The monoisotopic (exact) mass is 1620 g/mol. The molecule has 0 fully saturated rings. The molecule has 4 aliphatic heterocycles. The molecule has 16 rings (SSSR count). The number of aliphatic carboxylic acids is 1. The van der Waals surface area contributed by atoms with Gasteiger partial charge in [0, 0.05) is 80.9 Å². The maximum atomic E-state index is 13.9. The number of hydrogen-bond donors (Lipinski definition) is 2. The minimum absolute atomic E-state index is 0.0599. The van der Waals surface area contributed by atoms with Crippen molar-refractivity contribution < 1.29 is 94.0 Å². The van der Waals surface area contributed by atoms with Crippen LogP contribution < -0.4 is 11.1 Å². The number of aliphatic hydroxyl groups is 1. The van der Waals surface area contributed by atoms with Crippen molar-refractivity contribution in [1.29, 1.82) is 0 Å². The summed E-state index contributed by atoms with van der Waals surface area (Å²) in [6.45, 7) is 5.94. The number of non-ortho nitro benzene ring substituents is 4. The van der Waals surface area contributed by atoms with Crippen molar-refractivity contribution in [3.05, 3.63) is 279 Å². The van der Waals surface area contributed by atoms with Gasteiger partial charge in [0.2, 0.25) is 17.8 Å². The number of rotatable bonds is 17. The number of cyclic esters (lactones) is 2. The zero-order valence-electron chi connectivity index (χ0n) is 61.4. The number of nitro benzene ring substituents is 8. The number of aromatic nitrogens is 4. The van der Waals surface area contributed by atoms with Gasteiger partial charge < -0.3 is 43.2 Å². The zero-order chi connectivity index (χ0) is 85.3. The lowest BCUT2D eigenvalue weighted by Gasteiger charge is -2.36. The molecule has 4 aromatic heterocycles. The van der Waals surface area contributed by atoms with Gasteiger partial charge in [-0.05, 0) is 63.1 Å². The van der Waals surface area contributed by atoms with Crippen LogP contribution in [0.2, 0.25) is 0 Å². The first-order valence-corrected chi connectivity index (χ1v) is 35.1. The third-order valence-corrected chi connectivity index (χ3v) is 19.9. The van der Waals surface area contributed by atoms with E-state index in [1.807, 2.05) is 60.7 Å². The van der Waals surface area contributed by atoms with Crippen molar-refractivity contribution in [2.75, 3.05) is 6.64 Å². The van der Waals surface area contributed by atoms with Crippen LogP contribution in [0.25, 0.3) is 66.8 Å². The fourth-order valence-electron chi connectivity index (χ4n) is 14.3. The summed E-state index contributed by atoms with van der Waals surface area (Å²) in [6.07, 6.45) is -3.36. The number of carbonyl (C=O) groups is 4. The number of carbonyl (C=O) groups excluding carboxylic acids is 3. The van der Waals surface area contributed by atoms with E-state index in [4.69, 9.17) is 40.3 Å². The summed E-state index contributed by atoms with van der Waals surface area (Å²) in [5.74, 6) is -4.38. The highest BCUT2D eigenvalue weighted by molar-refractivity contribution is 7.15. The maximum absolute atomic E-state index is 13.9. The summed E-state index contributed by atoms with van der Waals surface area (Å²) >= 11 is 0. The largest absolute Gasteiger partial charge is 0.478 e. The molecule has 0 bridgehead atoms. The molecule has 117 heavy (non-hydrogen) atoms. The minimum atomic E-state index is -2.17. The van der Waals surface area contributed by atoms with Gasteiger partial charge in [-0.1, -0.05) is 67.2 Å². The molecule has 1 unspecified atom stereocenters. The molecule has 0 amide bonds. The van der Waals surface area contributed by atoms with Crippen molar-refractivity contribution >= 4 is 112 Å². The van der Waals surface area contributed by atoms with Crippen LogP contribution in [-0.4, -0.2) is 123 Å². The highest BCUT2D eigenvalue weighted by Crippen LogP contribution is 2.53. The summed E-state index contributed by atoms with van der Waals surface area (Å²) in [5.41, 5.74) is -9.76. The SMILES string of the molecule is CC[C@@]1(O)C(=O)OCc2c1cc1n(c2=O)Cc2cc3ccccc3nc2-1.CC[C@@]1(OC(=O)[C@@H](C)ON=C2c3cc([N+](=O)[O-])cc([N+](=O)[O-])c3-c3c2cc([N+](=O)[O-])cc3[N+](=O)[O-])C(=O)OCc2c1cc1n(c2=O)Cc2cc3ccccc3nc2-1.C[C@@H](ON=C1c2cc([N+](=O)[O-])cc([N+](=O)[O-])c2-c2c1cc([N+](=O)[O-])cc2[N+](=O)[O-])C(=O)O.[3H]CP. The topological polar surface area (TPSA) is 595 Å². The van der Waals surface area contributed by atoms with Gasteiger partial charge in [-0.15, -0.1) is 9.24 Å². The van der Waals surface area contributed by atoms with Gasteiger partial charge in [0.1, 0.15) is 24.6 Å². The number of ether oxygens (including phenoxy) is 3. The van der Waals surface area contributed by atoms with Gasteiger partial charge in [-0.2, -0.15) is 0 Å². The highest BCUT2D eigenvalue weighted by atomic mass is 31.0. The van der Waals surface area contributed by atoms with Crippen LogP contribution in [0.15, 0.2) is 141 Å². The van der Waals surface area contributed by atoms with Crippen LogP contribution in [0.5, 0.6) is 0 Å². The second-order valence-corrected chi connectivity index (χ2v) is 26.3. The predicted molar refractivity (Wildman–Crippen MR) is 406 cm³/mol. The Hall–Kier alpha value is -15.6. The van der Waals surface area contributed by atoms with Gasteiger partial charge in [-0.3, -0.25) is 90.5 Å². The van der Waals surface area contributed by atoms with Crippen molar-refractivity contribution in [3.8, 4) is 45.0 Å². The highest BCUT2D eigenvalue weighted by Gasteiger charge is 2.53. The van der Waals surface area contributed by atoms with E-state index >= 15 is 0 Å². The molecule has 5 atom stereocenters. The van der Waals surface area contributed by atoms with Crippen molar-refractivity contribution in [2.45, 2.75) is 90.2 Å². The van der Waals surface area contributed by atoms with E-state index in [2.05, 4.69) is 19.6 Å². The maximum Gasteiger partial charge on any atom is 0.355 e. The Morgan fingerprint density at radius 1 is 0.530 bits per heavy atom. The molecule has 44 heteroatoms. The number of benzene rings is 6. The fourth-order valence-corrected chi connectivity index (χ4v) is 14.3. The van der Waals surface area contributed by atoms with Crippen molar-refractivity contribution in [3.63, 3.8) is 0 Å². The van der Waals surface area contributed by atoms with Crippen LogP contribution in [0, 0.1) is 80.9 Å². The molecule has 0 spiro atoms. The molecule has 2 aliphatic carbocycles. The number of nitrogens with zero attached hydrogens (tertiary/aromatic N) is 14. The van der Waals surface area contributed by atoms with E-state index < -0.39 is 189 Å². The predicted octanol–water partition coefficient (Wildman–Crippen LogP) is 10.2. The van der Waals surface area contributed by atoms with Crippen LogP contribution in [0.3, 0.4) is 0 Å². The molecule has 43 nitrogen and oxygen atoms in total. The summed E-state index contributed by atoms with van der Waals surface area (Å²) in [7, 11) is 2.25. The first-order chi connectivity index (χ1) is 56.0. The van der Waals surface area contributed by atoms with Gasteiger partial charge in [0.15, 0.2) is 5.60 Å². The van der Waals surface area contributed by atoms with Gasteiger partial charge >= 0.3 is 23.9 Å². The van der Waals surface area contributed by atoms with Crippen LogP contribution >= 0.6 is 9.24 Å². The fraction of sp³-hybridized carbons (Fsp3) is 0.205. The number of fused-ring (bicyclic) bond motifs is 16. The number of hydrogen-bond acceptors (Lipinski definition) is 32. The smallest absolute Gasteiger partial charge is 0.355 e. The number of para-hydroxylation sites is 2. The van der Waals surface area contributed by atoms with Gasteiger partial charge in [0.05, 0.1) is 144 Å². The molecule has 2 N–H and O–H groups in total. The number of pyridine rings is 4. The van der Waals surface area contributed by atoms with E-state index in [0.29, 0.717) is 71.2 Å². The quantitative estimate of drug-likeness (QED) is 0.0281. The van der Waals surface area contributed by atoms with E-state index in [0.717, 1.165) is 71.2 Å². The third-order valence-electron chi connectivity index (χ3n) is 19.9. The lowest BCUT2D eigenvalue weighted by molar-refractivity contribution is -0.395.